The molecule has 7 heteroatoms. The van der Waals surface area contributed by atoms with Gasteiger partial charge in [-0.3, -0.25) is 14.9 Å². The second kappa shape index (κ2) is 6.16. The third kappa shape index (κ3) is 2.83. The minimum absolute atomic E-state index is 0.0436. The van der Waals surface area contributed by atoms with Crippen molar-refractivity contribution >= 4 is 16.9 Å². The number of amides is 1. The summed E-state index contributed by atoms with van der Waals surface area (Å²) in [5, 5.41) is 7.45. The number of likely N-dealkylation sites (tertiary alicyclic amines) is 1. The van der Waals surface area contributed by atoms with Crippen LogP contribution in [0.5, 0.6) is 0 Å². The zero-order valence-electron chi connectivity index (χ0n) is 14.4. The molecule has 1 N–H and O–H groups in total. The lowest BCUT2D eigenvalue weighted by Crippen LogP contribution is -2.38. The Balaban J connectivity index is 1.27. The summed E-state index contributed by atoms with van der Waals surface area (Å²) in [5.74, 6) is 2.81. The van der Waals surface area contributed by atoms with E-state index < -0.39 is 0 Å². The third-order valence-electron chi connectivity index (χ3n) is 5.30. The number of piperidine rings is 1. The minimum atomic E-state index is -0.0436. The molecule has 5 rings (SSSR count). The molecule has 1 aromatic carbocycles. The van der Waals surface area contributed by atoms with Crippen molar-refractivity contribution in [1.29, 1.82) is 0 Å². The maximum Gasteiger partial charge on any atom is 0.274 e. The van der Waals surface area contributed by atoms with Gasteiger partial charge in [-0.05, 0) is 37.8 Å². The van der Waals surface area contributed by atoms with E-state index in [1.165, 1.54) is 12.8 Å². The van der Waals surface area contributed by atoms with E-state index in [-0.39, 0.29) is 5.91 Å². The number of benzene rings is 1. The summed E-state index contributed by atoms with van der Waals surface area (Å²) in [4.78, 5) is 28.1. The molecule has 1 aliphatic carbocycles. The minimum Gasteiger partial charge on any atom is -0.337 e. The smallest absolute Gasteiger partial charge is 0.274 e. The number of aromatic amines is 1. The lowest BCUT2D eigenvalue weighted by Gasteiger charge is -2.30. The van der Waals surface area contributed by atoms with E-state index in [0.29, 0.717) is 30.6 Å². The van der Waals surface area contributed by atoms with Gasteiger partial charge in [0.25, 0.3) is 5.91 Å². The Labute approximate surface area is 150 Å². The number of carbonyl (C=O) groups is 1. The first-order valence-corrected chi connectivity index (χ1v) is 9.21. The molecule has 1 saturated carbocycles. The lowest BCUT2D eigenvalue weighted by molar-refractivity contribution is 0.0705. The highest BCUT2D eigenvalue weighted by Crippen LogP contribution is 2.38. The van der Waals surface area contributed by atoms with Crippen molar-refractivity contribution in [3.8, 4) is 0 Å². The molecule has 2 fully saturated rings. The number of hydrogen-bond donors (Lipinski definition) is 1. The molecule has 3 heterocycles. The fraction of sp³-hybridized carbons (Fsp3) is 0.421. The van der Waals surface area contributed by atoms with Crippen molar-refractivity contribution in [2.45, 2.75) is 37.5 Å². The van der Waals surface area contributed by atoms with Crippen LogP contribution in [0.2, 0.25) is 0 Å². The first-order chi connectivity index (χ1) is 12.8. The quantitative estimate of drug-likeness (QED) is 0.786. The molecule has 1 amide bonds. The first kappa shape index (κ1) is 15.4. The van der Waals surface area contributed by atoms with E-state index in [4.69, 9.17) is 0 Å². The van der Waals surface area contributed by atoms with Crippen LogP contribution in [0.15, 0.2) is 30.5 Å². The highest BCUT2D eigenvalue weighted by atomic mass is 16.2. The number of rotatable bonds is 3. The van der Waals surface area contributed by atoms with Crippen LogP contribution in [-0.4, -0.2) is 49.0 Å². The Morgan fingerprint density at radius 3 is 2.54 bits per heavy atom. The summed E-state index contributed by atoms with van der Waals surface area (Å²) < 4.78 is 0. The van der Waals surface area contributed by atoms with E-state index >= 15 is 0 Å². The van der Waals surface area contributed by atoms with E-state index in [2.05, 4.69) is 25.1 Å². The number of H-pyrrole nitrogens is 1. The van der Waals surface area contributed by atoms with Crippen molar-refractivity contribution in [2.24, 2.45) is 0 Å². The van der Waals surface area contributed by atoms with Crippen molar-refractivity contribution in [3.05, 3.63) is 47.8 Å². The number of aromatic nitrogens is 5. The molecule has 2 aliphatic rings. The molecular formula is C19H20N6O. The molecule has 0 unspecified atom stereocenters. The standard InChI is InChI=1S/C19H20N6O/c26-19(16-11-20-14-3-1-2-4-15(14)21-16)25-9-7-13(8-10-25)18-22-17(23-24-18)12-5-6-12/h1-4,11-13H,5-10H2,(H,22,23,24). The maximum absolute atomic E-state index is 12.8. The van der Waals surface area contributed by atoms with Gasteiger partial charge in [0, 0.05) is 24.9 Å². The average molecular weight is 348 g/mol. The average Bonchev–Trinajstić information content (AvgIpc) is 3.44. The van der Waals surface area contributed by atoms with Crippen LogP contribution < -0.4 is 0 Å². The van der Waals surface area contributed by atoms with Crippen molar-refractivity contribution in [2.75, 3.05) is 13.1 Å². The number of para-hydroxylation sites is 2. The molecule has 3 aromatic rings. The molecule has 132 valence electrons. The van der Waals surface area contributed by atoms with Gasteiger partial charge in [0.05, 0.1) is 17.2 Å². The van der Waals surface area contributed by atoms with Gasteiger partial charge in [0.1, 0.15) is 11.5 Å². The Kier molecular flexibility index (Phi) is 3.65. The van der Waals surface area contributed by atoms with E-state index in [9.17, 15) is 4.79 Å². The summed E-state index contributed by atoms with van der Waals surface area (Å²) in [6, 6.07) is 7.60. The molecule has 1 aliphatic heterocycles. The maximum atomic E-state index is 12.8. The molecule has 7 nitrogen and oxygen atoms in total. The van der Waals surface area contributed by atoms with Gasteiger partial charge in [0.15, 0.2) is 5.82 Å². The van der Waals surface area contributed by atoms with E-state index in [1.54, 1.807) is 6.20 Å². The van der Waals surface area contributed by atoms with E-state index in [1.807, 2.05) is 29.2 Å². The Morgan fingerprint density at radius 2 is 1.77 bits per heavy atom. The fourth-order valence-electron chi connectivity index (χ4n) is 3.57. The van der Waals surface area contributed by atoms with Gasteiger partial charge >= 0.3 is 0 Å². The summed E-state index contributed by atoms with van der Waals surface area (Å²) in [7, 11) is 0. The predicted molar refractivity (Wildman–Crippen MR) is 95.8 cm³/mol. The molecule has 1 saturated heterocycles. The van der Waals surface area contributed by atoms with Crippen LogP contribution in [0, 0.1) is 0 Å². The van der Waals surface area contributed by atoms with Crippen LogP contribution in [0.1, 0.15) is 59.7 Å². The Hall–Kier alpha value is -2.83. The summed E-state index contributed by atoms with van der Waals surface area (Å²) in [6.45, 7) is 1.41. The highest BCUT2D eigenvalue weighted by Gasteiger charge is 2.31. The summed E-state index contributed by atoms with van der Waals surface area (Å²) in [5.41, 5.74) is 1.97. The van der Waals surface area contributed by atoms with Gasteiger partial charge in [-0.15, -0.1) is 0 Å². The zero-order chi connectivity index (χ0) is 17.5. The monoisotopic (exact) mass is 348 g/mol. The van der Waals surface area contributed by atoms with Crippen molar-refractivity contribution in [1.82, 2.24) is 30.0 Å². The molecule has 2 aromatic heterocycles. The third-order valence-corrected chi connectivity index (χ3v) is 5.30. The van der Waals surface area contributed by atoms with Crippen molar-refractivity contribution < 1.29 is 4.79 Å². The van der Waals surface area contributed by atoms with Gasteiger partial charge in [-0.2, -0.15) is 5.10 Å². The first-order valence-electron chi connectivity index (χ1n) is 9.21. The zero-order valence-corrected chi connectivity index (χ0v) is 14.4. The molecule has 0 bridgehead atoms. The van der Waals surface area contributed by atoms with Crippen LogP contribution in [0.3, 0.4) is 0 Å². The van der Waals surface area contributed by atoms with Gasteiger partial charge in [-0.1, -0.05) is 12.1 Å². The lowest BCUT2D eigenvalue weighted by atomic mass is 9.96. The molecule has 0 spiro atoms. The molecule has 0 radical (unpaired) electrons. The molecule has 26 heavy (non-hydrogen) atoms. The largest absolute Gasteiger partial charge is 0.337 e. The van der Waals surface area contributed by atoms with Crippen LogP contribution in [0.4, 0.5) is 0 Å². The Bertz CT molecular complexity index is 955. The second-order valence-corrected chi connectivity index (χ2v) is 7.16. The topological polar surface area (TPSA) is 87.7 Å². The number of nitrogens with zero attached hydrogens (tertiary/aromatic N) is 5. The number of nitrogens with one attached hydrogen (secondary N) is 1. The molecular weight excluding hydrogens is 328 g/mol. The Morgan fingerprint density at radius 1 is 1.00 bits per heavy atom. The van der Waals surface area contributed by atoms with Gasteiger partial charge < -0.3 is 4.90 Å². The van der Waals surface area contributed by atoms with Crippen molar-refractivity contribution in [3.63, 3.8) is 0 Å². The van der Waals surface area contributed by atoms with Crippen LogP contribution in [-0.2, 0) is 0 Å². The van der Waals surface area contributed by atoms with Gasteiger partial charge in [-0.25, -0.2) is 9.97 Å². The van der Waals surface area contributed by atoms with Gasteiger partial charge in [0.2, 0.25) is 0 Å². The summed E-state index contributed by atoms with van der Waals surface area (Å²) >= 11 is 0. The number of hydrogen-bond acceptors (Lipinski definition) is 5. The summed E-state index contributed by atoms with van der Waals surface area (Å²) in [6.07, 6.45) is 5.78. The normalized spacial score (nSPS) is 18.4. The van der Waals surface area contributed by atoms with E-state index in [0.717, 1.165) is 35.5 Å². The SMILES string of the molecule is O=C(c1cnc2ccccc2n1)N1CCC(c2nc(C3CC3)n[nH]2)CC1. The van der Waals surface area contributed by atoms with Crippen LogP contribution in [0.25, 0.3) is 11.0 Å². The van der Waals surface area contributed by atoms with Crippen LogP contribution >= 0.6 is 0 Å². The molecule has 0 atom stereocenters. The predicted octanol–water partition coefficient (Wildman–Crippen LogP) is 2.65. The highest BCUT2D eigenvalue weighted by molar-refractivity contribution is 5.93. The number of fused-ring (bicyclic) bond motifs is 1. The second-order valence-electron chi connectivity index (χ2n) is 7.16. The fourth-order valence-corrected chi connectivity index (χ4v) is 3.57. The number of carbonyl (C=O) groups excluding carboxylic acids is 1.